The first kappa shape index (κ1) is 17.9. The molecule has 1 unspecified atom stereocenters. The van der Waals surface area contributed by atoms with Gasteiger partial charge in [0.25, 0.3) is 0 Å². The van der Waals surface area contributed by atoms with Crippen LogP contribution in [0.15, 0.2) is 53.4 Å². The first-order valence-electron chi connectivity index (χ1n) is 6.96. The van der Waals surface area contributed by atoms with Crippen LogP contribution in [-0.4, -0.2) is 25.9 Å². The van der Waals surface area contributed by atoms with Crippen LogP contribution in [0, 0.1) is 0 Å². The van der Waals surface area contributed by atoms with E-state index in [1.807, 2.05) is 24.3 Å². The van der Waals surface area contributed by atoms with E-state index < -0.39 is 16.1 Å². The molecule has 0 aromatic heterocycles. The molecule has 2 aromatic carbocycles. The molecule has 2 N–H and O–H groups in total. The highest BCUT2D eigenvalue weighted by Gasteiger charge is 2.17. The fourth-order valence-corrected chi connectivity index (χ4v) is 3.28. The normalized spacial score (nSPS) is 12.8. The second-order valence-electron chi connectivity index (χ2n) is 4.86. The molecule has 1 atom stereocenters. The van der Waals surface area contributed by atoms with E-state index >= 15 is 0 Å². The molecule has 0 saturated heterocycles. The molecule has 7 heteroatoms. The van der Waals surface area contributed by atoms with E-state index in [9.17, 15) is 13.5 Å². The van der Waals surface area contributed by atoms with Gasteiger partial charge in [-0.05, 0) is 36.4 Å². The molecule has 0 saturated carbocycles. The van der Waals surface area contributed by atoms with E-state index in [1.165, 1.54) is 13.1 Å². The molecule has 0 aliphatic rings. The summed E-state index contributed by atoms with van der Waals surface area (Å²) < 4.78 is 31.9. The van der Waals surface area contributed by atoms with Crippen LogP contribution in [0.3, 0.4) is 0 Å². The number of rotatable bonds is 7. The number of benzene rings is 2. The Morgan fingerprint density at radius 1 is 1.22 bits per heavy atom. The number of para-hydroxylation sites is 1. The maximum Gasteiger partial charge on any atom is 0.243 e. The number of halogens is 1. The van der Waals surface area contributed by atoms with Crippen LogP contribution in [0.4, 0.5) is 0 Å². The Balaban J connectivity index is 2.19. The lowest BCUT2D eigenvalue weighted by Gasteiger charge is -2.13. The summed E-state index contributed by atoms with van der Waals surface area (Å²) in [6.07, 6.45) is -0.591. The topological polar surface area (TPSA) is 75.6 Å². The Kier molecular flexibility index (Phi) is 6.17. The Hall–Kier alpha value is -1.41. The summed E-state index contributed by atoms with van der Waals surface area (Å²) in [6.45, 7) is 0.207. The Bertz CT molecular complexity index is 764. The molecule has 0 amide bonds. The van der Waals surface area contributed by atoms with Crippen molar-refractivity contribution in [2.24, 2.45) is 0 Å². The van der Waals surface area contributed by atoms with Crippen LogP contribution in [0.2, 0.25) is 0 Å². The van der Waals surface area contributed by atoms with Gasteiger partial charge in [0.1, 0.15) is 17.3 Å². The molecule has 2 rings (SSSR count). The second-order valence-corrected chi connectivity index (χ2v) is 7.36. The van der Waals surface area contributed by atoms with Gasteiger partial charge in [-0.1, -0.05) is 46.3 Å². The standard InChI is InChI=1S/C16H18BrNO4S/c1-18-23(20,21)16-8-3-2-7-15(16)22-11-12-5-4-6-13(9-12)14(19)10-17/h2-9,14,18-19H,10-11H2,1H3. The molecule has 0 aliphatic carbocycles. The van der Waals surface area contributed by atoms with Crippen molar-refractivity contribution in [1.82, 2.24) is 4.72 Å². The molecule has 124 valence electrons. The van der Waals surface area contributed by atoms with Crippen molar-refractivity contribution >= 4 is 26.0 Å². The van der Waals surface area contributed by atoms with Crippen molar-refractivity contribution in [2.75, 3.05) is 12.4 Å². The lowest BCUT2D eigenvalue weighted by molar-refractivity contribution is 0.205. The van der Waals surface area contributed by atoms with Crippen molar-refractivity contribution in [3.05, 3.63) is 59.7 Å². The fourth-order valence-electron chi connectivity index (χ4n) is 2.04. The quantitative estimate of drug-likeness (QED) is 0.701. The maximum atomic E-state index is 12.0. The summed E-state index contributed by atoms with van der Waals surface area (Å²) in [5.74, 6) is 0.285. The largest absolute Gasteiger partial charge is 0.487 e. The van der Waals surface area contributed by atoms with Crippen molar-refractivity contribution in [2.45, 2.75) is 17.6 Å². The zero-order chi connectivity index (χ0) is 16.9. The first-order valence-corrected chi connectivity index (χ1v) is 9.56. The van der Waals surface area contributed by atoms with Crippen molar-refractivity contribution in [3.63, 3.8) is 0 Å². The minimum absolute atomic E-state index is 0.0964. The molecule has 0 bridgehead atoms. The van der Waals surface area contributed by atoms with Crippen LogP contribution >= 0.6 is 15.9 Å². The molecule has 0 spiro atoms. The molecule has 23 heavy (non-hydrogen) atoms. The highest BCUT2D eigenvalue weighted by atomic mass is 79.9. The minimum atomic E-state index is -3.58. The minimum Gasteiger partial charge on any atom is -0.487 e. The second kappa shape index (κ2) is 7.92. The van der Waals surface area contributed by atoms with Crippen LogP contribution in [-0.2, 0) is 16.6 Å². The summed E-state index contributed by atoms with van der Waals surface area (Å²) >= 11 is 3.24. The van der Waals surface area contributed by atoms with Gasteiger partial charge in [0.2, 0.25) is 10.0 Å². The SMILES string of the molecule is CNS(=O)(=O)c1ccccc1OCc1cccc(C(O)CBr)c1. The lowest BCUT2D eigenvalue weighted by atomic mass is 10.1. The third-order valence-corrected chi connectivity index (χ3v) is 5.35. The van der Waals surface area contributed by atoms with Crippen LogP contribution < -0.4 is 9.46 Å². The van der Waals surface area contributed by atoms with Gasteiger partial charge < -0.3 is 9.84 Å². The van der Waals surface area contributed by atoms with Crippen molar-refractivity contribution < 1.29 is 18.3 Å². The first-order chi connectivity index (χ1) is 11.0. The van der Waals surface area contributed by atoms with Crippen LogP contribution in [0.1, 0.15) is 17.2 Å². The van der Waals surface area contributed by atoms with Gasteiger partial charge in [0, 0.05) is 5.33 Å². The van der Waals surface area contributed by atoms with Gasteiger partial charge in [0.15, 0.2) is 0 Å². The third kappa shape index (κ3) is 4.54. The Morgan fingerprint density at radius 3 is 2.65 bits per heavy atom. The average molecular weight is 400 g/mol. The third-order valence-electron chi connectivity index (χ3n) is 3.28. The van der Waals surface area contributed by atoms with E-state index in [4.69, 9.17) is 4.74 Å². The predicted octanol–water partition coefficient (Wildman–Crippen LogP) is 2.60. The molecule has 2 aromatic rings. The summed E-state index contributed by atoms with van der Waals surface area (Å²) in [7, 11) is -2.22. The molecule has 0 aliphatic heterocycles. The van der Waals surface area contributed by atoms with E-state index in [0.29, 0.717) is 5.33 Å². The molecule has 0 fully saturated rings. The lowest BCUT2D eigenvalue weighted by Crippen LogP contribution is -2.19. The number of aliphatic hydroxyl groups is 1. The van der Waals surface area contributed by atoms with Crippen LogP contribution in [0.25, 0.3) is 0 Å². The van der Waals surface area contributed by atoms with Gasteiger partial charge in [-0.2, -0.15) is 0 Å². The van der Waals surface area contributed by atoms with Gasteiger partial charge in [0.05, 0.1) is 6.10 Å². The Morgan fingerprint density at radius 2 is 1.96 bits per heavy atom. The molecular formula is C16H18BrNO4S. The summed E-state index contributed by atoms with van der Waals surface area (Å²) in [4.78, 5) is 0.0964. The molecule has 5 nitrogen and oxygen atoms in total. The van der Waals surface area contributed by atoms with Crippen molar-refractivity contribution in [3.8, 4) is 5.75 Å². The maximum absolute atomic E-state index is 12.0. The zero-order valence-corrected chi connectivity index (χ0v) is 15.0. The van der Waals surface area contributed by atoms with E-state index in [-0.39, 0.29) is 17.3 Å². The zero-order valence-electron chi connectivity index (χ0n) is 12.6. The number of aliphatic hydroxyl groups excluding tert-OH is 1. The molecular weight excluding hydrogens is 382 g/mol. The van der Waals surface area contributed by atoms with Gasteiger partial charge in [-0.15, -0.1) is 0 Å². The smallest absolute Gasteiger partial charge is 0.243 e. The molecule has 0 heterocycles. The number of hydrogen-bond acceptors (Lipinski definition) is 4. The fraction of sp³-hybridized carbons (Fsp3) is 0.250. The Labute approximate surface area is 144 Å². The highest BCUT2D eigenvalue weighted by Crippen LogP contribution is 2.24. The van der Waals surface area contributed by atoms with E-state index in [2.05, 4.69) is 20.7 Å². The number of ether oxygens (including phenoxy) is 1. The predicted molar refractivity (Wildman–Crippen MR) is 92.2 cm³/mol. The number of sulfonamides is 1. The van der Waals surface area contributed by atoms with Gasteiger partial charge in [-0.3, -0.25) is 0 Å². The summed E-state index contributed by atoms with van der Waals surface area (Å²) in [5.41, 5.74) is 1.62. The van der Waals surface area contributed by atoms with Gasteiger partial charge >= 0.3 is 0 Å². The number of alkyl halides is 1. The number of nitrogens with one attached hydrogen (secondary N) is 1. The number of hydrogen-bond donors (Lipinski definition) is 2. The average Bonchev–Trinajstić information content (AvgIpc) is 2.59. The van der Waals surface area contributed by atoms with Gasteiger partial charge in [-0.25, -0.2) is 13.1 Å². The van der Waals surface area contributed by atoms with Crippen molar-refractivity contribution in [1.29, 1.82) is 0 Å². The molecule has 0 radical (unpaired) electrons. The summed E-state index contributed by atoms with van der Waals surface area (Å²) in [5, 5.41) is 10.3. The van der Waals surface area contributed by atoms with E-state index in [1.54, 1.807) is 18.2 Å². The van der Waals surface area contributed by atoms with Crippen LogP contribution in [0.5, 0.6) is 5.75 Å². The summed E-state index contributed by atoms with van der Waals surface area (Å²) in [6, 6.07) is 13.8. The highest BCUT2D eigenvalue weighted by molar-refractivity contribution is 9.09. The monoisotopic (exact) mass is 399 g/mol. The van der Waals surface area contributed by atoms with E-state index in [0.717, 1.165) is 11.1 Å².